The normalized spacial score (nSPS) is 17.3. The molecule has 0 amide bonds. The summed E-state index contributed by atoms with van der Waals surface area (Å²) in [5.74, 6) is 8.53. The predicted molar refractivity (Wildman–Crippen MR) is 167 cm³/mol. The van der Waals surface area contributed by atoms with E-state index in [4.69, 9.17) is 0 Å². The zero-order valence-electron chi connectivity index (χ0n) is 24.2. The molecule has 1 saturated carbocycles. The highest BCUT2D eigenvalue weighted by Crippen LogP contribution is 2.37. The first kappa shape index (κ1) is 28.5. The molecule has 0 atom stereocenters. The van der Waals surface area contributed by atoms with E-state index >= 15 is 0 Å². The minimum Gasteiger partial charge on any atom is -0.0654 e. The second kappa shape index (κ2) is 15.8. The lowest BCUT2D eigenvalue weighted by Gasteiger charge is -2.29. The fraction of sp³-hybridized carbons (Fsp3) is 0.526. The van der Waals surface area contributed by atoms with Crippen LogP contribution in [0.4, 0.5) is 0 Å². The fourth-order valence-corrected chi connectivity index (χ4v) is 6.27. The van der Waals surface area contributed by atoms with E-state index in [1.807, 2.05) is 0 Å². The van der Waals surface area contributed by atoms with Crippen LogP contribution in [-0.2, 0) is 6.42 Å². The van der Waals surface area contributed by atoms with Crippen molar-refractivity contribution in [1.29, 1.82) is 0 Å². The minimum atomic E-state index is 0.745. The molecule has 0 N–H and O–H groups in total. The van der Waals surface area contributed by atoms with Gasteiger partial charge in [-0.2, -0.15) is 0 Å². The molecule has 202 valence electrons. The average Bonchev–Trinajstić information content (AvgIpc) is 2.96. The molecule has 1 aliphatic rings. The Morgan fingerprint density at radius 2 is 1.18 bits per heavy atom. The third kappa shape index (κ3) is 9.05. The molecule has 0 aliphatic heterocycles. The molecular formula is C38H50. The van der Waals surface area contributed by atoms with E-state index < -0.39 is 0 Å². The summed E-state index contributed by atoms with van der Waals surface area (Å²) in [6.45, 7) is 4.57. The average molecular weight is 507 g/mol. The zero-order chi connectivity index (χ0) is 26.4. The Kier molecular flexibility index (Phi) is 11.8. The molecule has 0 bridgehead atoms. The summed E-state index contributed by atoms with van der Waals surface area (Å²) in [5.41, 5.74) is 5.19. The molecule has 0 spiro atoms. The Hall–Kier alpha value is -2.52. The van der Waals surface area contributed by atoms with Gasteiger partial charge in [0.05, 0.1) is 0 Å². The number of unbranched alkanes of at least 4 members (excludes halogenated alkanes) is 8. The summed E-state index contributed by atoms with van der Waals surface area (Å²) in [5, 5.41) is 2.62. The molecule has 0 radical (unpaired) electrons. The van der Waals surface area contributed by atoms with E-state index in [0.29, 0.717) is 0 Å². The molecule has 0 heteroatoms. The molecule has 3 aromatic carbocycles. The highest BCUT2D eigenvalue weighted by Gasteiger charge is 2.21. The van der Waals surface area contributed by atoms with Crippen LogP contribution in [-0.4, -0.2) is 0 Å². The standard InChI is InChI=1S/C38H50/c1-3-5-7-9-10-12-13-31-17-23-35(24-18-31)36-25-19-32(20-26-36)15-16-34-22-28-37-29-33(14-11-8-6-4-2)21-27-38(37)30-34/h19-22,25-31,35H,3-14,17-18,23-24H2,1-2H3/t31-,35-. The molecule has 3 aromatic rings. The molecular weight excluding hydrogens is 456 g/mol. The molecule has 1 fully saturated rings. The largest absolute Gasteiger partial charge is 0.0654 e. The van der Waals surface area contributed by atoms with Gasteiger partial charge in [0.2, 0.25) is 0 Å². The van der Waals surface area contributed by atoms with Crippen LogP contribution in [0.15, 0.2) is 60.7 Å². The SMILES string of the molecule is CCCCCCCC[C@H]1CC[C@H](c2ccc(C#Cc3ccc4cc(CCCCCC)ccc4c3)cc2)CC1. The van der Waals surface area contributed by atoms with Crippen LogP contribution in [0.1, 0.15) is 138 Å². The predicted octanol–water partition coefficient (Wildman–Crippen LogP) is 11.4. The molecule has 1 aliphatic carbocycles. The second-order valence-corrected chi connectivity index (χ2v) is 11.9. The number of aryl methyl sites for hydroxylation is 1. The van der Waals surface area contributed by atoms with Crippen molar-refractivity contribution >= 4 is 10.8 Å². The highest BCUT2D eigenvalue weighted by atomic mass is 14.3. The smallest absolute Gasteiger partial charge is 0.0255 e. The van der Waals surface area contributed by atoms with Gasteiger partial charge in [-0.3, -0.25) is 0 Å². The Balaban J connectivity index is 1.25. The lowest BCUT2D eigenvalue weighted by atomic mass is 9.77. The molecule has 0 unspecified atom stereocenters. The Bertz CT molecular complexity index is 1150. The number of rotatable bonds is 13. The van der Waals surface area contributed by atoms with Crippen molar-refractivity contribution in [3.63, 3.8) is 0 Å². The Morgan fingerprint density at radius 1 is 0.579 bits per heavy atom. The van der Waals surface area contributed by atoms with Crippen LogP contribution in [0.25, 0.3) is 10.8 Å². The van der Waals surface area contributed by atoms with Crippen LogP contribution >= 0.6 is 0 Å². The lowest BCUT2D eigenvalue weighted by molar-refractivity contribution is 0.302. The van der Waals surface area contributed by atoms with E-state index in [1.165, 1.54) is 125 Å². The van der Waals surface area contributed by atoms with Crippen LogP contribution in [0.3, 0.4) is 0 Å². The van der Waals surface area contributed by atoms with E-state index in [9.17, 15) is 0 Å². The van der Waals surface area contributed by atoms with Crippen LogP contribution in [0.5, 0.6) is 0 Å². The van der Waals surface area contributed by atoms with Crippen molar-refractivity contribution < 1.29 is 0 Å². The topological polar surface area (TPSA) is 0 Å². The second-order valence-electron chi connectivity index (χ2n) is 11.9. The minimum absolute atomic E-state index is 0.745. The van der Waals surface area contributed by atoms with Gasteiger partial charge < -0.3 is 0 Å². The lowest BCUT2D eigenvalue weighted by Crippen LogP contribution is -2.13. The van der Waals surface area contributed by atoms with Crippen LogP contribution in [0, 0.1) is 17.8 Å². The van der Waals surface area contributed by atoms with Gasteiger partial charge in [-0.1, -0.05) is 126 Å². The van der Waals surface area contributed by atoms with Gasteiger partial charge in [-0.15, -0.1) is 0 Å². The van der Waals surface area contributed by atoms with Gasteiger partial charge in [0.15, 0.2) is 0 Å². The maximum absolute atomic E-state index is 3.41. The number of benzene rings is 3. The van der Waals surface area contributed by atoms with E-state index in [-0.39, 0.29) is 0 Å². The third-order valence-electron chi connectivity index (χ3n) is 8.77. The molecule has 0 saturated heterocycles. The number of hydrogen-bond acceptors (Lipinski definition) is 0. The van der Waals surface area contributed by atoms with Gasteiger partial charge in [0.25, 0.3) is 0 Å². The van der Waals surface area contributed by atoms with Crippen molar-refractivity contribution in [2.24, 2.45) is 5.92 Å². The molecule has 0 heterocycles. The Labute approximate surface area is 233 Å². The van der Waals surface area contributed by atoms with E-state index in [0.717, 1.165) is 23.0 Å². The van der Waals surface area contributed by atoms with Gasteiger partial charge in [-0.25, -0.2) is 0 Å². The van der Waals surface area contributed by atoms with E-state index in [1.54, 1.807) is 0 Å². The van der Waals surface area contributed by atoms with Crippen molar-refractivity contribution in [3.8, 4) is 11.8 Å². The van der Waals surface area contributed by atoms with Gasteiger partial charge >= 0.3 is 0 Å². The first-order valence-corrected chi connectivity index (χ1v) is 15.9. The highest BCUT2D eigenvalue weighted by molar-refractivity contribution is 5.84. The first-order chi connectivity index (χ1) is 18.7. The van der Waals surface area contributed by atoms with Gasteiger partial charge in [0.1, 0.15) is 0 Å². The summed E-state index contributed by atoms with van der Waals surface area (Å²) >= 11 is 0. The summed E-state index contributed by atoms with van der Waals surface area (Å²) in [4.78, 5) is 0. The maximum atomic E-state index is 3.41. The van der Waals surface area contributed by atoms with Crippen molar-refractivity contribution in [3.05, 3.63) is 82.9 Å². The van der Waals surface area contributed by atoms with Crippen molar-refractivity contribution in [1.82, 2.24) is 0 Å². The van der Waals surface area contributed by atoms with Crippen molar-refractivity contribution in [2.45, 2.75) is 122 Å². The maximum Gasteiger partial charge on any atom is 0.0255 e. The molecule has 4 rings (SSSR count). The first-order valence-electron chi connectivity index (χ1n) is 15.9. The quantitative estimate of drug-likeness (QED) is 0.160. The van der Waals surface area contributed by atoms with Gasteiger partial charge in [0, 0.05) is 11.1 Å². The van der Waals surface area contributed by atoms with Crippen molar-refractivity contribution in [2.75, 3.05) is 0 Å². The number of fused-ring (bicyclic) bond motifs is 1. The molecule has 0 nitrogen and oxygen atoms in total. The monoisotopic (exact) mass is 506 g/mol. The fourth-order valence-electron chi connectivity index (χ4n) is 6.27. The third-order valence-corrected chi connectivity index (χ3v) is 8.77. The summed E-state index contributed by atoms with van der Waals surface area (Å²) < 4.78 is 0. The summed E-state index contributed by atoms with van der Waals surface area (Å²) in [6.07, 6.45) is 22.0. The molecule has 0 aromatic heterocycles. The summed E-state index contributed by atoms with van der Waals surface area (Å²) in [6, 6.07) is 22.7. The van der Waals surface area contributed by atoms with E-state index in [2.05, 4.69) is 86.4 Å². The Morgan fingerprint density at radius 3 is 1.95 bits per heavy atom. The number of hydrogen-bond donors (Lipinski definition) is 0. The molecule has 38 heavy (non-hydrogen) atoms. The van der Waals surface area contributed by atoms with Gasteiger partial charge in [-0.05, 0) is 96.5 Å². The summed E-state index contributed by atoms with van der Waals surface area (Å²) in [7, 11) is 0. The zero-order valence-corrected chi connectivity index (χ0v) is 24.2. The van der Waals surface area contributed by atoms with Crippen LogP contribution < -0.4 is 0 Å². The van der Waals surface area contributed by atoms with Crippen LogP contribution in [0.2, 0.25) is 0 Å².